The molecule has 1 aromatic heterocycles. The van der Waals surface area contributed by atoms with Crippen molar-refractivity contribution in [2.24, 2.45) is 0 Å². The molecule has 0 saturated heterocycles. The molecule has 0 aliphatic heterocycles. The Kier molecular flexibility index (Phi) is 4.23. The van der Waals surface area contributed by atoms with E-state index in [9.17, 15) is 23.4 Å². The number of nitrogens with zero attached hydrogens (tertiary/aromatic N) is 1. The van der Waals surface area contributed by atoms with E-state index in [2.05, 4.69) is 17.6 Å². The number of nitrogen functional groups attached to an aromatic ring is 1. The Balaban J connectivity index is 3.15. The molecule has 1 rings (SSSR count). The van der Waals surface area contributed by atoms with Crippen molar-refractivity contribution in [2.45, 2.75) is 18.4 Å². The van der Waals surface area contributed by atoms with Gasteiger partial charge in [-0.2, -0.15) is 25.8 Å². The van der Waals surface area contributed by atoms with E-state index in [0.29, 0.717) is 12.3 Å². The number of pyridine rings is 1. The highest BCUT2D eigenvalue weighted by atomic mass is 32.1. The summed E-state index contributed by atoms with van der Waals surface area (Å²) in [5, 5.41) is 18.9. The molecule has 1 heterocycles. The molecule has 0 saturated carbocycles. The van der Waals surface area contributed by atoms with Crippen molar-refractivity contribution in [3.8, 4) is 0 Å². The van der Waals surface area contributed by atoms with Crippen molar-refractivity contribution in [2.75, 3.05) is 11.5 Å². The molecule has 0 radical (unpaired) electrons. The number of rotatable bonds is 3. The first-order chi connectivity index (χ1) is 7.77. The van der Waals surface area contributed by atoms with Gasteiger partial charge in [0.1, 0.15) is 11.9 Å². The van der Waals surface area contributed by atoms with Crippen LogP contribution in [-0.2, 0) is 6.18 Å². The first-order valence-electron chi connectivity index (χ1n) is 4.57. The largest absolute Gasteiger partial charge is 0.417 e. The number of aliphatic hydroxyl groups is 2. The summed E-state index contributed by atoms with van der Waals surface area (Å²) >= 11 is 3.73. The minimum atomic E-state index is -4.58. The number of hydrogen-bond donors (Lipinski definition) is 4. The van der Waals surface area contributed by atoms with Crippen LogP contribution in [0.4, 0.5) is 19.0 Å². The number of thiol groups is 1. The lowest BCUT2D eigenvalue weighted by Crippen LogP contribution is -2.22. The average Bonchev–Trinajstić information content (AvgIpc) is 2.26. The van der Waals surface area contributed by atoms with E-state index >= 15 is 0 Å². The van der Waals surface area contributed by atoms with E-state index in [1.807, 2.05) is 0 Å². The molecule has 0 aliphatic carbocycles. The second-order valence-corrected chi connectivity index (χ2v) is 3.76. The van der Waals surface area contributed by atoms with Crippen molar-refractivity contribution in [3.63, 3.8) is 0 Å². The van der Waals surface area contributed by atoms with E-state index in [0.717, 1.165) is 0 Å². The quantitative estimate of drug-likeness (QED) is 0.617. The van der Waals surface area contributed by atoms with E-state index < -0.39 is 23.9 Å². The maximum absolute atomic E-state index is 12.4. The van der Waals surface area contributed by atoms with Gasteiger partial charge < -0.3 is 15.9 Å². The second kappa shape index (κ2) is 5.11. The van der Waals surface area contributed by atoms with Crippen molar-refractivity contribution in [1.29, 1.82) is 0 Å². The predicted octanol–water partition coefficient (Wildman–Crippen LogP) is 1.01. The lowest BCUT2D eigenvalue weighted by Gasteiger charge is -2.18. The Labute approximate surface area is 101 Å². The van der Waals surface area contributed by atoms with Crippen LogP contribution in [-0.4, -0.2) is 27.1 Å². The summed E-state index contributed by atoms with van der Waals surface area (Å²) in [5.74, 6) is -0.372. The fourth-order valence-corrected chi connectivity index (χ4v) is 1.39. The number of halogens is 3. The molecule has 1 aromatic rings. The average molecular weight is 268 g/mol. The van der Waals surface area contributed by atoms with Crippen molar-refractivity contribution in [1.82, 2.24) is 4.98 Å². The molecule has 8 heteroatoms. The monoisotopic (exact) mass is 268 g/mol. The van der Waals surface area contributed by atoms with Crippen LogP contribution in [0.2, 0.25) is 0 Å². The normalized spacial score (nSPS) is 15.6. The van der Waals surface area contributed by atoms with Gasteiger partial charge in [0.05, 0.1) is 11.7 Å². The summed E-state index contributed by atoms with van der Waals surface area (Å²) in [5.41, 5.74) is 4.05. The number of anilines is 1. The standard InChI is InChI=1S/C9H11F3N2O2S/c10-9(11,12)4-1-5(8(13)14-2-4)7(16)6(15)3-17/h1-2,6-7,15-17H,3H2,(H2,13,14). The molecule has 0 spiro atoms. The molecule has 0 amide bonds. The Bertz CT molecular complexity index is 400. The van der Waals surface area contributed by atoms with Gasteiger partial charge in [0.15, 0.2) is 0 Å². The number of hydrogen-bond acceptors (Lipinski definition) is 5. The Morgan fingerprint density at radius 2 is 2.00 bits per heavy atom. The number of aromatic nitrogens is 1. The van der Waals surface area contributed by atoms with Crippen LogP contribution in [0, 0.1) is 0 Å². The van der Waals surface area contributed by atoms with Crippen LogP contribution in [0.3, 0.4) is 0 Å². The zero-order chi connectivity index (χ0) is 13.2. The van der Waals surface area contributed by atoms with Crippen LogP contribution in [0.1, 0.15) is 17.2 Å². The van der Waals surface area contributed by atoms with Crippen LogP contribution in [0.25, 0.3) is 0 Å². The second-order valence-electron chi connectivity index (χ2n) is 3.39. The smallest absolute Gasteiger partial charge is 0.389 e. The Hall–Kier alpha value is -0.990. The predicted molar refractivity (Wildman–Crippen MR) is 58.5 cm³/mol. The summed E-state index contributed by atoms with van der Waals surface area (Å²) in [4.78, 5) is 3.35. The number of alkyl halides is 3. The maximum atomic E-state index is 12.4. The lowest BCUT2D eigenvalue weighted by atomic mass is 10.0. The topological polar surface area (TPSA) is 79.4 Å². The van der Waals surface area contributed by atoms with E-state index in [4.69, 9.17) is 5.73 Å². The third-order valence-electron chi connectivity index (χ3n) is 2.15. The highest BCUT2D eigenvalue weighted by Gasteiger charge is 2.33. The molecule has 0 aliphatic rings. The SMILES string of the molecule is Nc1ncc(C(F)(F)F)cc1C(O)C(O)CS. The zero-order valence-electron chi connectivity index (χ0n) is 8.52. The van der Waals surface area contributed by atoms with Gasteiger partial charge in [-0.15, -0.1) is 0 Å². The summed E-state index contributed by atoms with van der Waals surface area (Å²) in [6.45, 7) is 0. The highest BCUT2D eigenvalue weighted by molar-refractivity contribution is 7.80. The molecule has 17 heavy (non-hydrogen) atoms. The fraction of sp³-hybridized carbons (Fsp3) is 0.444. The molecule has 0 aromatic carbocycles. The van der Waals surface area contributed by atoms with Gasteiger partial charge in [-0.3, -0.25) is 0 Å². The van der Waals surface area contributed by atoms with Gasteiger partial charge in [-0.25, -0.2) is 4.98 Å². The van der Waals surface area contributed by atoms with Gasteiger partial charge in [-0.1, -0.05) is 0 Å². The third-order valence-corrected chi connectivity index (χ3v) is 2.52. The highest BCUT2D eigenvalue weighted by Crippen LogP contribution is 2.32. The third kappa shape index (κ3) is 3.24. The molecular weight excluding hydrogens is 257 g/mol. The van der Waals surface area contributed by atoms with Gasteiger partial charge in [0.2, 0.25) is 0 Å². The zero-order valence-corrected chi connectivity index (χ0v) is 9.41. The summed E-state index contributed by atoms with van der Waals surface area (Å²) in [6, 6.07) is 0.666. The van der Waals surface area contributed by atoms with E-state index in [1.165, 1.54) is 0 Å². The van der Waals surface area contributed by atoms with Gasteiger partial charge in [-0.05, 0) is 6.07 Å². The van der Waals surface area contributed by atoms with Gasteiger partial charge >= 0.3 is 6.18 Å². The van der Waals surface area contributed by atoms with Gasteiger partial charge in [0, 0.05) is 17.5 Å². The van der Waals surface area contributed by atoms with Gasteiger partial charge in [0.25, 0.3) is 0 Å². The lowest BCUT2D eigenvalue weighted by molar-refractivity contribution is -0.138. The van der Waals surface area contributed by atoms with Crippen molar-refractivity contribution >= 4 is 18.4 Å². The molecule has 4 N–H and O–H groups in total. The summed E-state index contributed by atoms with van der Waals surface area (Å²) < 4.78 is 37.2. The van der Waals surface area contributed by atoms with E-state index in [-0.39, 0.29) is 17.1 Å². The molecule has 0 fully saturated rings. The maximum Gasteiger partial charge on any atom is 0.417 e. The molecule has 96 valence electrons. The Morgan fingerprint density at radius 1 is 1.41 bits per heavy atom. The molecular formula is C9H11F3N2O2S. The number of nitrogens with two attached hydrogens (primary N) is 1. The van der Waals surface area contributed by atoms with Crippen molar-refractivity contribution in [3.05, 3.63) is 23.4 Å². The van der Waals surface area contributed by atoms with E-state index in [1.54, 1.807) is 0 Å². The summed E-state index contributed by atoms with van der Waals surface area (Å²) in [6.07, 6.45) is -6.88. The molecule has 2 unspecified atom stereocenters. The first kappa shape index (κ1) is 14.1. The van der Waals surface area contributed by atoms with Crippen molar-refractivity contribution < 1.29 is 23.4 Å². The minimum absolute atomic E-state index is 0.114. The van der Waals surface area contributed by atoms with Crippen LogP contribution in [0.15, 0.2) is 12.3 Å². The van der Waals surface area contributed by atoms with Crippen LogP contribution in [0.5, 0.6) is 0 Å². The molecule has 0 bridgehead atoms. The molecule has 4 nitrogen and oxygen atoms in total. The minimum Gasteiger partial charge on any atom is -0.389 e. The fourth-order valence-electron chi connectivity index (χ4n) is 1.19. The first-order valence-corrected chi connectivity index (χ1v) is 5.20. The van der Waals surface area contributed by atoms with Crippen LogP contribution < -0.4 is 5.73 Å². The Morgan fingerprint density at radius 3 is 2.47 bits per heavy atom. The summed E-state index contributed by atoms with van der Waals surface area (Å²) in [7, 11) is 0. The molecule has 2 atom stereocenters. The number of aliphatic hydroxyl groups excluding tert-OH is 2. The van der Waals surface area contributed by atoms with Crippen LogP contribution >= 0.6 is 12.6 Å².